The van der Waals surface area contributed by atoms with Crippen LogP contribution in [0.5, 0.6) is 0 Å². The molecular formula is C53H38N2. The molecule has 0 radical (unpaired) electrons. The van der Waals surface area contributed by atoms with Gasteiger partial charge in [0.05, 0.1) is 11.4 Å². The monoisotopic (exact) mass is 702 g/mol. The van der Waals surface area contributed by atoms with E-state index in [1.54, 1.807) is 0 Å². The molecule has 55 heavy (non-hydrogen) atoms. The molecule has 2 nitrogen and oxygen atoms in total. The largest absolute Gasteiger partial charge is 0.296 e. The van der Waals surface area contributed by atoms with Crippen LogP contribution >= 0.6 is 0 Å². The second kappa shape index (κ2) is 13.4. The molecular weight excluding hydrogens is 665 g/mol. The molecule has 2 heteroatoms. The van der Waals surface area contributed by atoms with Gasteiger partial charge in [-0.1, -0.05) is 165 Å². The van der Waals surface area contributed by atoms with Crippen molar-refractivity contribution in [1.29, 1.82) is 0 Å². The molecule has 0 unspecified atom stereocenters. The van der Waals surface area contributed by atoms with Crippen LogP contribution in [0.3, 0.4) is 0 Å². The first-order chi connectivity index (χ1) is 27.2. The van der Waals surface area contributed by atoms with Gasteiger partial charge in [0.1, 0.15) is 5.82 Å². The Morgan fingerprint density at radius 3 is 1.55 bits per heavy atom. The summed E-state index contributed by atoms with van der Waals surface area (Å²) in [5.74, 6) is 0.924. The number of aromatic nitrogens is 2. The van der Waals surface area contributed by atoms with Crippen molar-refractivity contribution in [2.75, 3.05) is 0 Å². The van der Waals surface area contributed by atoms with Gasteiger partial charge in [-0.05, 0) is 119 Å². The van der Waals surface area contributed by atoms with E-state index in [0.717, 1.165) is 40.4 Å². The molecule has 0 aliphatic heterocycles. The summed E-state index contributed by atoms with van der Waals surface area (Å²) < 4.78 is 2.28. The predicted molar refractivity (Wildman–Crippen MR) is 235 cm³/mol. The SMILES string of the molecule is C=Cc1nc(-c2ccc(-c3ccc4c(-c5ccc6ccccc6c5)c5ccccc5c(-c5ccc6ccccc6c5)c4c3)cc2)n(-c2ccccc2)c1CC. The van der Waals surface area contributed by atoms with Crippen molar-refractivity contribution >= 4 is 49.2 Å². The number of para-hydroxylation sites is 1. The van der Waals surface area contributed by atoms with Crippen molar-refractivity contribution in [3.8, 4) is 50.5 Å². The molecule has 260 valence electrons. The highest BCUT2D eigenvalue weighted by molar-refractivity contribution is 6.22. The summed E-state index contributed by atoms with van der Waals surface area (Å²) in [7, 11) is 0. The highest BCUT2D eigenvalue weighted by Crippen LogP contribution is 2.46. The molecule has 10 rings (SSSR count). The van der Waals surface area contributed by atoms with Gasteiger partial charge in [-0.2, -0.15) is 0 Å². The number of hydrogen-bond donors (Lipinski definition) is 0. The third kappa shape index (κ3) is 5.54. The Morgan fingerprint density at radius 2 is 0.945 bits per heavy atom. The van der Waals surface area contributed by atoms with E-state index in [2.05, 4.69) is 200 Å². The fourth-order valence-corrected chi connectivity index (χ4v) is 8.50. The second-order valence-electron chi connectivity index (χ2n) is 14.3. The minimum atomic E-state index is 0.855. The van der Waals surface area contributed by atoms with Gasteiger partial charge in [0.2, 0.25) is 0 Å². The first kappa shape index (κ1) is 32.6. The van der Waals surface area contributed by atoms with Crippen LogP contribution < -0.4 is 0 Å². The molecule has 0 N–H and O–H groups in total. The molecule has 1 heterocycles. The molecule has 0 bridgehead atoms. The maximum atomic E-state index is 5.09. The predicted octanol–water partition coefficient (Wildman–Crippen LogP) is 14.4. The molecule has 0 amide bonds. The lowest BCUT2D eigenvalue weighted by molar-refractivity contribution is 0.938. The van der Waals surface area contributed by atoms with Crippen LogP contribution in [0, 0.1) is 0 Å². The third-order valence-corrected chi connectivity index (χ3v) is 11.1. The topological polar surface area (TPSA) is 17.8 Å². The van der Waals surface area contributed by atoms with Gasteiger partial charge < -0.3 is 0 Å². The zero-order chi connectivity index (χ0) is 36.9. The van der Waals surface area contributed by atoms with Crippen LogP contribution in [0.1, 0.15) is 18.3 Å². The van der Waals surface area contributed by atoms with Crippen molar-refractivity contribution in [1.82, 2.24) is 9.55 Å². The number of hydrogen-bond acceptors (Lipinski definition) is 1. The first-order valence-electron chi connectivity index (χ1n) is 19.1. The normalized spacial score (nSPS) is 11.5. The van der Waals surface area contributed by atoms with Gasteiger partial charge in [-0.15, -0.1) is 0 Å². The first-order valence-corrected chi connectivity index (χ1v) is 19.1. The fraction of sp³-hybridized carbons (Fsp3) is 0.0377. The molecule has 10 aromatic rings. The van der Waals surface area contributed by atoms with Crippen molar-refractivity contribution in [2.45, 2.75) is 13.3 Å². The van der Waals surface area contributed by atoms with Crippen LogP contribution in [0.25, 0.3) is 99.6 Å². The molecule has 0 aliphatic carbocycles. The number of fused-ring (bicyclic) bond motifs is 4. The van der Waals surface area contributed by atoms with E-state index in [9.17, 15) is 0 Å². The van der Waals surface area contributed by atoms with Crippen molar-refractivity contribution < 1.29 is 0 Å². The number of benzene rings is 9. The Balaban J connectivity index is 1.19. The highest BCUT2D eigenvalue weighted by atomic mass is 15.1. The van der Waals surface area contributed by atoms with E-state index in [1.807, 2.05) is 6.08 Å². The molecule has 0 saturated heterocycles. The second-order valence-corrected chi connectivity index (χ2v) is 14.3. The third-order valence-electron chi connectivity index (χ3n) is 11.1. The van der Waals surface area contributed by atoms with Crippen molar-refractivity contribution in [3.63, 3.8) is 0 Å². The summed E-state index contributed by atoms with van der Waals surface area (Å²) in [6, 6.07) is 66.4. The lowest BCUT2D eigenvalue weighted by Crippen LogP contribution is -2.02. The Labute approximate surface area is 321 Å². The Morgan fingerprint density at radius 1 is 0.455 bits per heavy atom. The van der Waals surface area contributed by atoms with Crippen LogP contribution in [0.4, 0.5) is 0 Å². The van der Waals surface area contributed by atoms with Crippen LogP contribution in [0.15, 0.2) is 189 Å². The van der Waals surface area contributed by atoms with E-state index in [4.69, 9.17) is 4.98 Å². The van der Waals surface area contributed by atoms with Gasteiger partial charge in [-0.3, -0.25) is 4.57 Å². The minimum absolute atomic E-state index is 0.855. The number of imidazole rings is 1. The average molecular weight is 703 g/mol. The summed E-state index contributed by atoms with van der Waals surface area (Å²) >= 11 is 0. The maximum absolute atomic E-state index is 5.09. The van der Waals surface area contributed by atoms with Crippen molar-refractivity contribution in [3.05, 3.63) is 200 Å². The summed E-state index contributed by atoms with van der Waals surface area (Å²) in [6.07, 6.45) is 2.72. The van der Waals surface area contributed by atoms with E-state index < -0.39 is 0 Å². The summed E-state index contributed by atoms with van der Waals surface area (Å²) in [5.41, 5.74) is 11.6. The van der Waals surface area contributed by atoms with Gasteiger partial charge in [0, 0.05) is 11.3 Å². The number of rotatable bonds is 7. The zero-order valence-corrected chi connectivity index (χ0v) is 30.7. The summed E-state index contributed by atoms with van der Waals surface area (Å²) in [5, 5.41) is 9.95. The standard InChI is InChI=1S/C53H38N2/c1-3-49-50(4-2)55(44-18-6-5-7-19-44)53(54-49)38-26-22-37(23-27-38)41-30-31-47-48(34-41)52(43-29-25-36-15-9-11-17-40(36)33-43)46-21-13-12-20-45(46)51(47)42-28-24-35-14-8-10-16-39(35)32-42/h3,5-34H,1,4H2,2H3. The smallest absolute Gasteiger partial charge is 0.145 e. The van der Waals surface area contributed by atoms with E-state index in [1.165, 1.54) is 70.9 Å². The quantitative estimate of drug-likeness (QED) is 0.151. The Bertz CT molecular complexity index is 3080. The van der Waals surface area contributed by atoms with E-state index in [0.29, 0.717) is 0 Å². The molecule has 0 spiro atoms. The van der Waals surface area contributed by atoms with Crippen LogP contribution in [-0.2, 0) is 6.42 Å². The lowest BCUT2D eigenvalue weighted by atomic mass is 9.84. The van der Waals surface area contributed by atoms with Crippen LogP contribution in [0.2, 0.25) is 0 Å². The molecule has 9 aromatic carbocycles. The Hall–Kier alpha value is -7.03. The molecule has 0 aliphatic rings. The minimum Gasteiger partial charge on any atom is -0.296 e. The van der Waals surface area contributed by atoms with E-state index >= 15 is 0 Å². The average Bonchev–Trinajstić information content (AvgIpc) is 3.64. The van der Waals surface area contributed by atoms with Gasteiger partial charge in [0.15, 0.2) is 0 Å². The highest BCUT2D eigenvalue weighted by Gasteiger charge is 2.20. The number of nitrogens with zero attached hydrogens (tertiary/aromatic N) is 2. The van der Waals surface area contributed by atoms with Gasteiger partial charge >= 0.3 is 0 Å². The lowest BCUT2D eigenvalue weighted by Gasteiger charge is -2.19. The summed E-state index contributed by atoms with van der Waals surface area (Å²) in [6.45, 7) is 6.26. The fourth-order valence-electron chi connectivity index (χ4n) is 8.50. The molecule has 0 fully saturated rings. The summed E-state index contributed by atoms with van der Waals surface area (Å²) in [4.78, 5) is 5.09. The van der Waals surface area contributed by atoms with Gasteiger partial charge in [-0.25, -0.2) is 4.98 Å². The molecule has 1 aromatic heterocycles. The maximum Gasteiger partial charge on any atom is 0.145 e. The molecule has 0 atom stereocenters. The Kier molecular flexibility index (Phi) is 7.96. The van der Waals surface area contributed by atoms with E-state index in [-0.39, 0.29) is 0 Å². The van der Waals surface area contributed by atoms with Gasteiger partial charge in [0.25, 0.3) is 0 Å². The molecule has 0 saturated carbocycles. The zero-order valence-electron chi connectivity index (χ0n) is 30.7. The van der Waals surface area contributed by atoms with Crippen molar-refractivity contribution in [2.24, 2.45) is 0 Å². The van der Waals surface area contributed by atoms with Crippen LogP contribution in [-0.4, -0.2) is 9.55 Å².